The average Bonchev–Trinajstić information content (AvgIpc) is 2.67. The predicted molar refractivity (Wildman–Crippen MR) is 51.0 cm³/mol. The van der Waals surface area contributed by atoms with Crippen molar-refractivity contribution >= 4 is 0 Å². The van der Waals surface area contributed by atoms with Crippen LogP contribution >= 0.6 is 0 Å². The fourth-order valence-electron chi connectivity index (χ4n) is 2.03. The minimum absolute atomic E-state index is 0.639. The Balaban J connectivity index is 2.05. The highest BCUT2D eigenvalue weighted by Gasteiger charge is 2.17. The van der Waals surface area contributed by atoms with E-state index in [2.05, 4.69) is 9.97 Å². The van der Waals surface area contributed by atoms with E-state index in [1.54, 1.807) is 7.11 Å². The van der Waals surface area contributed by atoms with Gasteiger partial charge in [-0.05, 0) is 12.8 Å². The third-order valence-electron chi connectivity index (χ3n) is 2.79. The average molecular weight is 180 g/mol. The van der Waals surface area contributed by atoms with E-state index in [-0.39, 0.29) is 0 Å². The van der Waals surface area contributed by atoms with Crippen LogP contribution < -0.4 is 4.74 Å². The highest BCUT2D eigenvalue weighted by Crippen LogP contribution is 2.31. The highest BCUT2D eigenvalue weighted by atomic mass is 16.5. The summed E-state index contributed by atoms with van der Waals surface area (Å²) >= 11 is 0. The van der Waals surface area contributed by atoms with Crippen molar-refractivity contribution in [3.63, 3.8) is 0 Å². The van der Waals surface area contributed by atoms with Crippen LogP contribution in [0.4, 0.5) is 0 Å². The molecule has 3 heteroatoms. The molecule has 1 fully saturated rings. The molecule has 0 unspecified atom stereocenters. The summed E-state index contributed by atoms with van der Waals surface area (Å²) < 4.78 is 5.02. The van der Waals surface area contributed by atoms with E-state index in [0.717, 1.165) is 0 Å². The standard InChI is InChI=1S/C10H16N2O/c1-13-10-11-7-9(12-10)8-5-3-2-4-6-8/h7-8H,2-6H2,1H3,(H,11,12). The molecule has 1 saturated carbocycles. The smallest absolute Gasteiger partial charge is 0.293 e. The van der Waals surface area contributed by atoms with Crippen molar-refractivity contribution in [2.75, 3.05) is 7.11 Å². The molecule has 0 radical (unpaired) electrons. The second kappa shape index (κ2) is 3.81. The second-order valence-electron chi connectivity index (χ2n) is 3.67. The van der Waals surface area contributed by atoms with Crippen LogP contribution in [-0.2, 0) is 0 Å². The first-order valence-corrected chi connectivity index (χ1v) is 4.99. The van der Waals surface area contributed by atoms with Gasteiger partial charge in [-0.15, -0.1) is 0 Å². The van der Waals surface area contributed by atoms with E-state index in [1.165, 1.54) is 37.8 Å². The van der Waals surface area contributed by atoms with Crippen LogP contribution in [0.25, 0.3) is 0 Å². The summed E-state index contributed by atoms with van der Waals surface area (Å²) in [5, 5.41) is 0. The zero-order chi connectivity index (χ0) is 9.10. The zero-order valence-electron chi connectivity index (χ0n) is 8.05. The molecular weight excluding hydrogens is 164 g/mol. The third-order valence-corrected chi connectivity index (χ3v) is 2.79. The highest BCUT2D eigenvalue weighted by molar-refractivity contribution is 5.10. The van der Waals surface area contributed by atoms with Gasteiger partial charge in [0, 0.05) is 12.1 Å². The number of aromatic amines is 1. The first-order valence-electron chi connectivity index (χ1n) is 4.99. The molecule has 3 nitrogen and oxygen atoms in total. The number of nitrogens with zero attached hydrogens (tertiary/aromatic N) is 1. The topological polar surface area (TPSA) is 37.9 Å². The molecule has 2 rings (SSSR count). The molecule has 1 N–H and O–H groups in total. The van der Waals surface area contributed by atoms with Crippen LogP contribution in [0.15, 0.2) is 6.20 Å². The summed E-state index contributed by atoms with van der Waals surface area (Å²) in [6, 6.07) is 0.639. The number of imidazole rings is 1. The number of hydrogen-bond acceptors (Lipinski definition) is 2. The molecule has 0 aromatic carbocycles. The van der Waals surface area contributed by atoms with Crippen LogP contribution in [0, 0.1) is 0 Å². The lowest BCUT2D eigenvalue weighted by atomic mass is 9.87. The Morgan fingerprint density at radius 2 is 2.15 bits per heavy atom. The van der Waals surface area contributed by atoms with Gasteiger partial charge in [-0.3, -0.25) is 0 Å². The van der Waals surface area contributed by atoms with Gasteiger partial charge in [0.05, 0.1) is 12.8 Å². The van der Waals surface area contributed by atoms with Crippen molar-refractivity contribution in [3.05, 3.63) is 11.9 Å². The van der Waals surface area contributed by atoms with Gasteiger partial charge in [0.2, 0.25) is 0 Å². The Morgan fingerprint density at radius 1 is 1.38 bits per heavy atom. The first-order chi connectivity index (χ1) is 6.40. The summed E-state index contributed by atoms with van der Waals surface area (Å²) in [6.07, 6.45) is 8.63. The van der Waals surface area contributed by atoms with E-state index < -0.39 is 0 Å². The van der Waals surface area contributed by atoms with Crippen molar-refractivity contribution in [2.45, 2.75) is 38.0 Å². The van der Waals surface area contributed by atoms with Gasteiger partial charge in [0.25, 0.3) is 6.01 Å². The maximum Gasteiger partial charge on any atom is 0.293 e. The lowest BCUT2D eigenvalue weighted by molar-refractivity contribution is 0.380. The van der Waals surface area contributed by atoms with E-state index in [9.17, 15) is 0 Å². The van der Waals surface area contributed by atoms with E-state index in [0.29, 0.717) is 11.9 Å². The largest absolute Gasteiger partial charge is 0.468 e. The van der Waals surface area contributed by atoms with Crippen molar-refractivity contribution in [1.29, 1.82) is 0 Å². The Labute approximate surface area is 78.5 Å². The summed E-state index contributed by atoms with van der Waals surface area (Å²) in [4.78, 5) is 7.39. The molecule has 0 bridgehead atoms. The third kappa shape index (κ3) is 1.85. The van der Waals surface area contributed by atoms with Crippen molar-refractivity contribution in [1.82, 2.24) is 9.97 Å². The first kappa shape index (κ1) is 8.60. The van der Waals surface area contributed by atoms with Gasteiger partial charge in [-0.1, -0.05) is 19.3 Å². The number of aromatic nitrogens is 2. The van der Waals surface area contributed by atoms with Gasteiger partial charge in [0.1, 0.15) is 0 Å². The second-order valence-corrected chi connectivity index (χ2v) is 3.67. The molecule has 0 spiro atoms. The van der Waals surface area contributed by atoms with E-state index >= 15 is 0 Å². The SMILES string of the molecule is COc1nc(C2CCCCC2)c[nH]1. The number of methoxy groups -OCH3 is 1. The Hall–Kier alpha value is -0.990. The Bertz CT molecular complexity index is 264. The van der Waals surface area contributed by atoms with Gasteiger partial charge < -0.3 is 9.72 Å². The normalized spacial score (nSPS) is 18.8. The van der Waals surface area contributed by atoms with Crippen LogP contribution in [0.3, 0.4) is 0 Å². The molecular formula is C10H16N2O. The Morgan fingerprint density at radius 3 is 2.77 bits per heavy atom. The molecule has 0 aliphatic heterocycles. The molecule has 0 atom stereocenters. The van der Waals surface area contributed by atoms with Crippen molar-refractivity contribution < 1.29 is 4.74 Å². The molecule has 1 aliphatic carbocycles. The van der Waals surface area contributed by atoms with Crippen LogP contribution in [-0.4, -0.2) is 17.1 Å². The molecule has 1 aromatic heterocycles. The summed E-state index contributed by atoms with van der Waals surface area (Å²) in [6.45, 7) is 0. The van der Waals surface area contributed by atoms with E-state index in [4.69, 9.17) is 4.74 Å². The van der Waals surface area contributed by atoms with Gasteiger partial charge >= 0.3 is 0 Å². The number of nitrogens with one attached hydrogen (secondary N) is 1. The fourth-order valence-corrected chi connectivity index (χ4v) is 2.03. The van der Waals surface area contributed by atoms with Crippen LogP contribution in [0.5, 0.6) is 6.01 Å². The van der Waals surface area contributed by atoms with Crippen molar-refractivity contribution in [2.24, 2.45) is 0 Å². The minimum Gasteiger partial charge on any atom is -0.468 e. The van der Waals surface area contributed by atoms with Gasteiger partial charge in [-0.2, -0.15) is 0 Å². The minimum atomic E-state index is 0.639. The van der Waals surface area contributed by atoms with Gasteiger partial charge in [-0.25, -0.2) is 4.98 Å². The molecule has 72 valence electrons. The van der Waals surface area contributed by atoms with E-state index in [1.807, 2.05) is 6.20 Å². The maximum atomic E-state index is 5.02. The Kier molecular flexibility index (Phi) is 2.52. The molecule has 0 saturated heterocycles. The van der Waals surface area contributed by atoms with Crippen molar-refractivity contribution in [3.8, 4) is 6.01 Å². The molecule has 1 aromatic rings. The fraction of sp³-hybridized carbons (Fsp3) is 0.700. The quantitative estimate of drug-likeness (QED) is 0.759. The predicted octanol–water partition coefficient (Wildman–Crippen LogP) is 2.47. The summed E-state index contributed by atoms with van der Waals surface area (Å²) in [5.74, 6) is 0.661. The van der Waals surface area contributed by atoms with Crippen LogP contribution in [0.1, 0.15) is 43.7 Å². The summed E-state index contributed by atoms with van der Waals surface area (Å²) in [7, 11) is 1.64. The lowest BCUT2D eigenvalue weighted by Crippen LogP contribution is -2.04. The number of H-pyrrole nitrogens is 1. The zero-order valence-corrected chi connectivity index (χ0v) is 8.05. The molecule has 0 amide bonds. The molecule has 13 heavy (non-hydrogen) atoms. The van der Waals surface area contributed by atoms with Gasteiger partial charge in [0.15, 0.2) is 0 Å². The maximum absolute atomic E-state index is 5.02. The number of rotatable bonds is 2. The number of hydrogen-bond donors (Lipinski definition) is 1. The lowest BCUT2D eigenvalue weighted by Gasteiger charge is -2.19. The molecule has 1 aliphatic rings. The summed E-state index contributed by atoms with van der Waals surface area (Å²) in [5.41, 5.74) is 1.18. The van der Waals surface area contributed by atoms with Crippen LogP contribution in [0.2, 0.25) is 0 Å². The monoisotopic (exact) mass is 180 g/mol. The number of ether oxygens (including phenoxy) is 1. The molecule has 1 heterocycles.